The fourth-order valence-electron chi connectivity index (χ4n) is 1.61. The molecule has 0 spiro atoms. The Bertz CT molecular complexity index is 302. The van der Waals surface area contributed by atoms with Crippen LogP contribution in [0.2, 0.25) is 0 Å². The van der Waals surface area contributed by atoms with E-state index >= 15 is 0 Å². The van der Waals surface area contributed by atoms with Gasteiger partial charge in [0.15, 0.2) is 0 Å². The third-order valence-electron chi connectivity index (χ3n) is 2.57. The highest BCUT2D eigenvalue weighted by molar-refractivity contribution is 6.16. The molecular formula is C12H22ClN3O. The Hall–Kier alpha value is -0.770. The number of halogens is 1. The van der Waals surface area contributed by atoms with Gasteiger partial charge in [0, 0.05) is 6.54 Å². The van der Waals surface area contributed by atoms with Gasteiger partial charge in [-0.05, 0) is 12.3 Å². The molecule has 0 bridgehead atoms. The van der Waals surface area contributed by atoms with Crippen molar-refractivity contribution in [2.75, 3.05) is 11.9 Å². The summed E-state index contributed by atoms with van der Waals surface area (Å²) in [5.74, 6) is 1.55. The predicted octanol–water partition coefficient (Wildman–Crippen LogP) is 3.83. The predicted molar refractivity (Wildman–Crippen MR) is 70.3 cm³/mol. The van der Waals surface area contributed by atoms with Crippen molar-refractivity contribution in [1.29, 1.82) is 0 Å². The largest absolute Gasteiger partial charge is 0.407 e. The fraction of sp³-hybridized carbons (Fsp3) is 0.833. The van der Waals surface area contributed by atoms with E-state index in [0.717, 1.165) is 18.9 Å². The van der Waals surface area contributed by atoms with Crippen LogP contribution < -0.4 is 5.32 Å². The van der Waals surface area contributed by atoms with E-state index in [1.807, 2.05) is 0 Å². The third-order valence-corrected chi connectivity index (χ3v) is 2.79. The van der Waals surface area contributed by atoms with Gasteiger partial charge < -0.3 is 9.73 Å². The van der Waals surface area contributed by atoms with Crippen LogP contribution in [0.5, 0.6) is 0 Å². The van der Waals surface area contributed by atoms with Crippen molar-refractivity contribution in [2.24, 2.45) is 5.92 Å². The highest BCUT2D eigenvalue weighted by Crippen LogP contribution is 2.10. The zero-order valence-corrected chi connectivity index (χ0v) is 11.5. The molecule has 1 aromatic rings. The summed E-state index contributed by atoms with van der Waals surface area (Å²) in [6.07, 6.45) is 6.34. The number of anilines is 1. The number of nitrogens with zero attached hydrogens (tertiary/aromatic N) is 2. The normalized spacial score (nSPS) is 11.1. The van der Waals surface area contributed by atoms with E-state index in [2.05, 4.69) is 29.4 Å². The Balaban J connectivity index is 1.97. The molecule has 98 valence electrons. The maximum atomic E-state index is 5.56. The average molecular weight is 260 g/mol. The fourth-order valence-corrected chi connectivity index (χ4v) is 1.71. The first-order valence-electron chi connectivity index (χ1n) is 6.34. The maximum absolute atomic E-state index is 5.56. The van der Waals surface area contributed by atoms with Crippen LogP contribution in [0.4, 0.5) is 6.01 Å². The summed E-state index contributed by atoms with van der Waals surface area (Å²) in [6.45, 7) is 5.42. The number of hydrogen-bond donors (Lipinski definition) is 1. The van der Waals surface area contributed by atoms with E-state index in [9.17, 15) is 0 Å². The van der Waals surface area contributed by atoms with Gasteiger partial charge in [0.05, 0.1) is 0 Å². The molecule has 1 N–H and O–H groups in total. The standard InChI is InChI=1S/C12H22ClN3O/c1-10(2)7-5-3-4-6-8-14-12-16-15-11(9-13)17-12/h10H,3-9H2,1-2H3,(H,14,16). The monoisotopic (exact) mass is 259 g/mol. The van der Waals surface area contributed by atoms with Gasteiger partial charge >= 0.3 is 6.01 Å². The second-order valence-electron chi connectivity index (χ2n) is 4.66. The Morgan fingerprint density at radius 1 is 1.18 bits per heavy atom. The summed E-state index contributed by atoms with van der Waals surface area (Å²) in [6, 6.07) is 0.475. The first kappa shape index (κ1) is 14.3. The second kappa shape index (κ2) is 8.34. The van der Waals surface area contributed by atoms with E-state index in [0.29, 0.717) is 11.9 Å². The minimum Gasteiger partial charge on any atom is -0.407 e. The molecule has 0 aliphatic heterocycles. The molecule has 1 rings (SSSR count). The first-order valence-corrected chi connectivity index (χ1v) is 6.88. The van der Waals surface area contributed by atoms with Crippen LogP contribution in [0.1, 0.15) is 51.8 Å². The van der Waals surface area contributed by atoms with Crippen molar-refractivity contribution in [1.82, 2.24) is 10.2 Å². The molecule has 0 atom stereocenters. The molecule has 0 amide bonds. The highest BCUT2D eigenvalue weighted by atomic mass is 35.5. The minimum atomic E-state index is 0.268. The summed E-state index contributed by atoms with van der Waals surface area (Å²) in [5.41, 5.74) is 0. The van der Waals surface area contributed by atoms with Gasteiger partial charge in [-0.15, -0.1) is 16.7 Å². The van der Waals surface area contributed by atoms with E-state index in [-0.39, 0.29) is 5.88 Å². The van der Waals surface area contributed by atoms with Crippen molar-refractivity contribution in [3.05, 3.63) is 5.89 Å². The van der Waals surface area contributed by atoms with Crippen LogP contribution in [-0.2, 0) is 5.88 Å². The van der Waals surface area contributed by atoms with Gasteiger partial charge in [0.1, 0.15) is 5.88 Å². The SMILES string of the molecule is CC(C)CCCCCCNc1nnc(CCl)o1. The maximum Gasteiger partial charge on any atom is 0.315 e. The lowest BCUT2D eigenvalue weighted by molar-refractivity contribution is 0.514. The molecule has 0 saturated carbocycles. The van der Waals surface area contributed by atoms with E-state index in [1.54, 1.807) is 0 Å². The second-order valence-corrected chi connectivity index (χ2v) is 4.93. The highest BCUT2D eigenvalue weighted by Gasteiger charge is 2.02. The number of alkyl halides is 1. The zero-order valence-electron chi connectivity index (χ0n) is 10.7. The number of unbranched alkanes of at least 4 members (excludes halogenated alkanes) is 3. The van der Waals surface area contributed by atoms with Gasteiger partial charge in [0.25, 0.3) is 0 Å². The molecule has 0 aromatic carbocycles. The topological polar surface area (TPSA) is 51.0 Å². The number of rotatable bonds is 9. The first-order chi connectivity index (χ1) is 8.22. The van der Waals surface area contributed by atoms with E-state index in [1.165, 1.54) is 25.7 Å². The van der Waals surface area contributed by atoms with Crippen molar-refractivity contribution < 1.29 is 4.42 Å². The molecule has 0 aliphatic rings. The van der Waals surface area contributed by atoms with Crippen LogP contribution in [0.3, 0.4) is 0 Å². The molecular weight excluding hydrogens is 238 g/mol. The van der Waals surface area contributed by atoms with Crippen molar-refractivity contribution in [3.63, 3.8) is 0 Å². The molecule has 5 heteroatoms. The molecule has 0 radical (unpaired) electrons. The van der Waals surface area contributed by atoms with Gasteiger partial charge in [-0.1, -0.05) is 44.6 Å². The van der Waals surface area contributed by atoms with Crippen molar-refractivity contribution in [2.45, 2.75) is 51.8 Å². The quantitative estimate of drug-likeness (QED) is 0.541. The molecule has 0 unspecified atom stereocenters. The summed E-state index contributed by atoms with van der Waals surface area (Å²) in [7, 11) is 0. The van der Waals surface area contributed by atoms with Gasteiger partial charge in [-0.25, -0.2) is 0 Å². The molecule has 1 aromatic heterocycles. The van der Waals surface area contributed by atoms with Crippen LogP contribution in [-0.4, -0.2) is 16.7 Å². The summed E-state index contributed by atoms with van der Waals surface area (Å²) in [5, 5.41) is 10.7. The molecule has 1 heterocycles. The lowest BCUT2D eigenvalue weighted by Crippen LogP contribution is -2.01. The Morgan fingerprint density at radius 3 is 2.59 bits per heavy atom. The zero-order chi connectivity index (χ0) is 12.5. The minimum absolute atomic E-state index is 0.268. The van der Waals surface area contributed by atoms with Gasteiger partial charge in [-0.2, -0.15) is 0 Å². The summed E-state index contributed by atoms with van der Waals surface area (Å²) < 4.78 is 5.23. The van der Waals surface area contributed by atoms with Crippen molar-refractivity contribution >= 4 is 17.6 Å². The number of hydrogen-bond acceptors (Lipinski definition) is 4. The Morgan fingerprint density at radius 2 is 1.94 bits per heavy atom. The smallest absolute Gasteiger partial charge is 0.315 e. The van der Waals surface area contributed by atoms with Crippen molar-refractivity contribution in [3.8, 4) is 0 Å². The van der Waals surface area contributed by atoms with Crippen LogP contribution in [0, 0.1) is 5.92 Å². The van der Waals surface area contributed by atoms with E-state index in [4.69, 9.17) is 16.0 Å². The van der Waals surface area contributed by atoms with E-state index < -0.39 is 0 Å². The molecule has 0 saturated heterocycles. The number of aromatic nitrogens is 2. The van der Waals surface area contributed by atoms with Crippen LogP contribution >= 0.6 is 11.6 Å². The molecule has 4 nitrogen and oxygen atoms in total. The van der Waals surface area contributed by atoms with Gasteiger partial charge in [-0.3, -0.25) is 0 Å². The average Bonchev–Trinajstić information content (AvgIpc) is 2.75. The summed E-state index contributed by atoms with van der Waals surface area (Å²) in [4.78, 5) is 0. The summed E-state index contributed by atoms with van der Waals surface area (Å²) >= 11 is 5.56. The van der Waals surface area contributed by atoms with Gasteiger partial charge in [0.2, 0.25) is 5.89 Å². The molecule has 0 fully saturated rings. The van der Waals surface area contributed by atoms with Crippen LogP contribution in [0.15, 0.2) is 4.42 Å². The third kappa shape index (κ3) is 6.51. The molecule has 0 aliphatic carbocycles. The Kier molecular flexibility index (Phi) is 7.01. The lowest BCUT2D eigenvalue weighted by atomic mass is 10.0. The lowest BCUT2D eigenvalue weighted by Gasteiger charge is -2.04. The van der Waals surface area contributed by atoms with Crippen LogP contribution in [0.25, 0.3) is 0 Å². The number of nitrogens with one attached hydrogen (secondary N) is 1. The molecule has 17 heavy (non-hydrogen) atoms. The Labute approximate surface area is 108 Å².